The Labute approximate surface area is 132 Å². The summed E-state index contributed by atoms with van der Waals surface area (Å²) in [6.45, 7) is 2.09. The van der Waals surface area contributed by atoms with Crippen molar-refractivity contribution in [2.75, 3.05) is 0 Å². The third-order valence-corrected chi connectivity index (χ3v) is 4.56. The zero-order valence-corrected chi connectivity index (χ0v) is 13.7. The zero-order valence-electron chi connectivity index (χ0n) is 12.9. The lowest BCUT2D eigenvalue weighted by atomic mass is 10.1. The minimum atomic E-state index is -4.44. The molecule has 1 N–H and O–H groups in total. The molecule has 0 aliphatic rings. The third-order valence-electron chi connectivity index (χ3n) is 3.42. The van der Waals surface area contributed by atoms with E-state index in [0.717, 1.165) is 31.2 Å². The van der Waals surface area contributed by atoms with Crippen molar-refractivity contribution in [3.63, 3.8) is 0 Å². The molecule has 1 unspecified atom stereocenters. The minimum absolute atomic E-state index is 0.00152. The Morgan fingerprint density at radius 3 is 2.36 bits per heavy atom. The molecule has 6 heteroatoms. The molecular formula is C16H24O5S. The van der Waals surface area contributed by atoms with E-state index in [1.807, 2.05) is 6.07 Å². The molecule has 0 aromatic heterocycles. The smallest absolute Gasteiger partial charge is 0.327 e. The highest BCUT2D eigenvalue weighted by Gasteiger charge is 2.32. The van der Waals surface area contributed by atoms with Crippen molar-refractivity contribution in [3.8, 4) is 0 Å². The molecule has 22 heavy (non-hydrogen) atoms. The Kier molecular flexibility index (Phi) is 8.12. The van der Waals surface area contributed by atoms with Gasteiger partial charge in [-0.15, -0.1) is 0 Å². The summed E-state index contributed by atoms with van der Waals surface area (Å²) in [5.41, 5.74) is 0.771. The number of hydrogen-bond acceptors (Lipinski definition) is 4. The molecule has 0 spiro atoms. The summed E-state index contributed by atoms with van der Waals surface area (Å²) in [4.78, 5) is 11.9. The molecule has 0 saturated heterocycles. The molecule has 1 rings (SSSR count). The van der Waals surface area contributed by atoms with Crippen molar-refractivity contribution in [1.82, 2.24) is 0 Å². The molecule has 0 radical (unpaired) electrons. The van der Waals surface area contributed by atoms with Crippen LogP contribution in [0.2, 0.25) is 0 Å². The van der Waals surface area contributed by atoms with Crippen LogP contribution in [0.25, 0.3) is 0 Å². The molecule has 0 heterocycles. The van der Waals surface area contributed by atoms with Crippen molar-refractivity contribution in [3.05, 3.63) is 35.9 Å². The van der Waals surface area contributed by atoms with Gasteiger partial charge in [0.05, 0.1) is 0 Å². The number of carbonyl (C=O) groups excluding carboxylic acids is 1. The van der Waals surface area contributed by atoms with Crippen LogP contribution in [0.3, 0.4) is 0 Å². The van der Waals surface area contributed by atoms with E-state index in [2.05, 4.69) is 6.92 Å². The maximum atomic E-state index is 11.9. The minimum Gasteiger partial charge on any atom is -0.460 e. The van der Waals surface area contributed by atoms with E-state index in [4.69, 9.17) is 4.74 Å². The first-order valence-corrected chi connectivity index (χ1v) is 9.12. The van der Waals surface area contributed by atoms with Gasteiger partial charge in [0.25, 0.3) is 10.1 Å². The highest BCUT2D eigenvalue weighted by molar-refractivity contribution is 7.87. The van der Waals surface area contributed by atoms with Crippen molar-refractivity contribution in [2.45, 2.75) is 57.3 Å². The van der Waals surface area contributed by atoms with E-state index in [1.54, 1.807) is 24.3 Å². The predicted molar refractivity (Wildman–Crippen MR) is 85.0 cm³/mol. The second-order valence-corrected chi connectivity index (χ2v) is 6.90. The average Bonchev–Trinajstić information content (AvgIpc) is 2.48. The van der Waals surface area contributed by atoms with Gasteiger partial charge in [-0.3, -0.25) is 9.35 Å². The molecule has 1 atom stereocenters. The predicted octanol–water partition coefficient (Wildman–Crippen LogP) is 3.35. The molecule has 0 bridgehead atoms. The van der Waals surface area contributed by atoms with Gasteiger partial charge in [-0.05, 0) is 12.0 Å². The number of esters is 1. The molecule has 0 aliphatic heterocycles. The van der Waals surface area contributed by atoms with E-state index in [9.17, 15) is 17.8 Å². The van der Waals surface area contributed by atoms with Crippen molar-refractivity contribution in [1.29, 1.82) is 0 Å². The Balaban J connectivity index is 2.50. The Bertz CT molecular complexity index is 539. The van der Waals surface area contributed by atoms with Gasteiger partial charge in [0, 0.05) is 0 Å². The number of rotatable bonds is 10. The molecule has 1 aromatic carbocycles. The van der Waals surface area contributed by atoms with Gasteiger partial charge in [0.15, 0.2) is 5.25 Å². The van der Waals surface area contributed by atoms with Crippen LogP contribution >= 0.6 is 0 Å². The van der Waals surface area contributed by atoms with Gasteiger partial charge >= 0.3 is 5.97 Å². The quantitative estimate of drug-likeness (QED) is 0.405. The van der Waals surface area contributed by atoms with Crippen LogP contribution in [0.4, 0.5) is 0 Å². The van der Waals surface area contributed by atoms with Crippen LogP contribution < -0.4 is 0 Å². The van der Waals surface area contributed by atoms with Gasteiger partial charge in [-0.1, -0.05) is 69.4 Å². The Morgan fingerprint density at radius 2 is 1.77 bits per heavy atom. The largest absolute Gasteiger partial charge is 0.460 e. The van der Waals surface area contributed by atoms with Gasteiger partial charge in [-0.25, -0.2) is 0 Å². The summed E-state index contributed by atoms with van der Waals surface area (Å²) in [6, 6.07) is 9.00. The van der Waals surface area contributed by atoms with Crippen LogP contribution in [0.5, 0.6) is 0 Å². The van der Waals surface area contributed by atoms with Crippen LogP contribution in [-0.4, -0.2) is 24.2 Å². The van der Waals surface area contributed by atoms with Crippen molar-refractivity contribution < 1.29 is 22.5 Å². The number of carbonyl (C=O) groups is 1. The van der Waals surface area contributed by atoms with Crippen LogP contribution in [-0.2, 0) is 26.3 Å². The molecule has 124 valence electrons. The summed E-state index contributed by atoms with van der Waals surface area (Å²) < 4.78 is 37.0. The summed E-state index contributed by atoms with van der Waals surface area (Å²) >= 11 is 0. The fraction of sp³-hybridized carbons (Fsp3) is 0.562. The first-order chi connectivity index (χ1) is 10.4. The van der Waals surface area contributed by atoms with Crippen molar-refractivity contribution >= 4 is 16.1 Å². The zero-order chi connectivity index (χ0) is 16.4. The van der Waals surface area contributed by atoms with Crippen molar-refractivity contribution in [2.24, 2.45) is 0 Å². The highest BCUT2D eigenvalue weighted by Crippen LogP contribution is 2.14. The summed E-state index contributed by atoms with van der Waals surface area (Å²) in [5.74, 6) is -0.887. The number of unbranched alkanes of at least 4 members (excludes halogenated alkanes) is 4. The fourth-order valence-corrected chi connectivity index (χ4v) is 2.92. The standard InChI is InChI=1S/C16H24O5S/c1-2-3-4-5-9-12-15(22(18,19)20)16(17)21-13-14-10-7-6-8-11-14/h6-8,10-11,15H,2-5,9,12-13H2,1H3,(H,18,19,20). The number of benzene rings is 1. The maximum absolute atomic E-state index is 11.9. The summed E-state index contributed by atoms with van der Waals surface area (Å²) in [5, 5.41) is -1.49. The summed E-state index contributed by atoms with van der Waals surface area (Å²) in [6.07, 6.45) is 4.66. The van der Waals surface area contributed by atoms with Gasteiger partial charge < -0.3 is 4.74 Å². The van der Waals surface area contributed by atoms with E-state index in [1.165, 1.54) is 0 Å². The normalized spacial score (nSPS) is 12.8. The maximum Gasteiger partial charge on any atom is 0.327 e. The summed E-state index contributed by atoms with van der Waals surface area (Å²) in [7, 11) is -4.44. The first kappa shape index (κ1) is 18.6. The fourth-order valence-electron chi connectivity index (χ4n) is 2.14. The monoisotopic (exact) mass is 328 g/mol. The second kappa shape index (κ2) is 9.58. The topological polar surface area (TPSA) is 80.7 Å². The molecule has 5 nitrogen and oxygen atoms in total. The SMILES string of the molecule is CCCCCCCC(C(=O)OCc1ccccc1)S(=O)(=O)O. The first-order valence-electron chi connectivity index (χ1n) is 7.62. The van der Waals surface area contributed by atoms with Gasteiger partial charge in [0.1, 0.15) is 6.61 Å². The Hall–Kier alpha value is -1.40. The molecule has 0 fully saturated rings. The lowest BCUT2D eigenvalue weighted by Crippen LogP contribution is -2.31. The molecule has 0 aliphatic carbocycles. The number of hydrogen-bond donors (Lipinski definition) is 1. The van der Waals surface area contributed by atoms with Gasteiger partial charge in [-0.2, -0.15) is 8.42 Å². The van der Waals surface area contributed by atoms with E-state index in [-0.39, 0.29) is 13.0 Å². The van der Waals surface area contributed by atoms with E-state index >= 15 is 0 Å². The van der Waals surface area contributed by atoms with E-state index in [0.29, 0.717) is 6.42 Å². The van der Waals surface area contributed by atoms with E-state index < -0.39 is 21.3 Å². The molecule has 0 amide bonds. The average molecular weight is 328 g/mol. The lowest BCUT2D eigenvalue weighted by molar-refractivity contribution is -0.144. The van der Waals surface area contributed by atoms with Crippen LogP contribution in [0.1, 0.15) is 51.0 Å². The number of ether oxygens (including phenoxy) is 1. The van der Waals surface area contributed by atoms with Gasteiger partial charge in [0.2, 0.25) is 0 Å². The molecule has 1 aromatic rings. The van der Waals surface area contributed by atoms with Crippen LogP contribution in [0, 0.1) is 0 Å². The molecular weight excluding hydrogens is 304 g/mol. The third kappa shape index (κ3) is 7.04. The lowest BCUT2D eigenvalue weighted by Gasteiger charge is -2.13. The highest BCUT2D eigenvalue weighted by atomic mass is 32.2. The molecule has 0 saturated carbocycles. The Morgan fingerprint density at radius 1 is 1.14 bits per heavy atom. The van der Waals surface area contributed by atoms with Crippen LogP contribution in [0.15, 0.2) is 30.3 Å². The second-order valence-electron chi connectivity index (χ2n) is 5.30.